The van der Waals surface area contributed by atoms with Gasteiger partial charge >= 0.3 is 11.0 Å². The lowest BCUT2D eigenvalue weighted by Crippen LogP contribution is -2.32. The van der Waals surface area contributed by atoms with Crippen molar-refractivity contribution in [2.75, 3.05) is 16.8 Å². The molecular weight excluding hydrogens is 670 g/mol. The molecule has 2 aliphatic heterocycles. The summed E-state index contributed by atoms with van der Waals surface area (Å²) in [5.41, 5.74) is -0.444. The van der Waals surface area contributed by atoms with Gasteiger partial charge in [-0.05, 0) is 60.2 Å². The fourth-order valence-corrected chi connectivity index (χ4v) is 8.35. The molecule has 3 atom stereocenters. The number of aromatic amines is 1. The highest BCUT2D eigenvalue weighted by Crippen LogP contribution is 2.53. The largest absolute Gasteiger partial charge is 0.484 e. The van der Waals surface area contributed by atoms with Crippen molar-refractivity contribution in [1.82, 2.24) is 4.98 Å². The number of anilines is 2. The lowest BCUT2D eigenvalue weighted by molar-refractivity contribution is -0.137. The van der Waals surface area contributed by atoms with Gasteiger partial charge in [-0.3, -0.25) is 19.2 Å². The number of carbonyl (C=O) groups is 3. The van der Waals surface area contributed by atoms with E-state index in [1.807, 2.05) is 0 Å². The number of H-pyrrole nitrogens is 1. The van der Waals surface area contributed by atoms with Crippen LogP contribution < -0.4 is 25.0 Å². The molecule has 46 heavy (non-hydrogen) atoms. The molecule has 2 aliphatic rings. The number of alkyl halides is 3. The lowest BCUT2D eigenvalue weighted by atomic mass is 9.83. The van der Waals surface area contributed by atoms with Crippen molar-refractivity contribution in [3.8, 4) is 5.75 Å². The minimum absolute atomic E-state index is 0.127. The molecule has 4 aromatic rings. The van der Waals surface area contributed by atoms with Crippen LogP contribution in [0, 0.1) is 5.92 Å². The summed E-state index contributed by atoms with van der Waals surface area (Å²) in [7, 11) is -3.90. The molecule has 3 amide bonds. The number of nitrogens with zero attached hydrogens (tertiary/aromatic N) is 1. The molecule has 0 bridgehead atoms. The maximum absolute atomic E-state index is 13.9. The van der Waals surface area contributed by atoms with Gasteiger partial charge < -0.3 is 15.0 Å². The molecule has 1 saturated heterocycles. The van der Waals surface area contributed by atoms with Gasteiger partial charge in [0.15, 0.2) is 6.61 Å². The van der Waals surface area contributed by atoms with Gasteiger partial charge in [-0.2, -0.15) is 13.2 Å². The van der Waals surface area contributed by atoms with Crippen LogP contribution in [-0.4, -0.2) is 43.0 Å². The smallest absolute Gasteiger partial charge is 0.416 e. The van der Waals surface area contributed by atoms with Crippen molar-refractivity contribution < 1.29 is 40.7 Å². The Labute approximate surface area is 266 Å². The summed E-state index contributed by atoms with van der Waals surface area (Å²) in [6.45, 7) is -0.448. The van der Waals surface area contributed by atoms with Gasteiger partial charge in [0.2, 0.25) is 21.8 Å². The fraction of sp³-hybridized carbons (Fsp3) is 0.172. The average molecular weight is 691 g/mol. The summed E-state index contributed by atoms with van der Waals surface area (Å²) in [6, 6.07) is 15.5. The first-order valence-electron chi connectivity index (χ1n) is 13.3. The SMILES string of the molecule is NS(=O)(=O)c1ccc(NC(=O)COc2cccc(C3c4sc(=O)[nH]c4SC4C(=O)N(c5cccc(C(F)(F)F)c5)C(=O)C43)c2)cc1. The summed E-state index contributed by atoms with van der Waals surface area (Å²) in [6.07, 6.45) is -4.69. The monoisotopic (exact) mass is 690 g/mol. The first-order chi connectivity index (χ1) is 21.7. The van der Waals surface area contributed by atoms with Gasteiger partial charge in [0, 0.05) is 16.5 Å². The summed E-state index contributed by atoms with van der Waals surface area (Å²) in [5.74, 6) is -3.64. The maximum atomic E-state index is 13.9. The Morgan fingerprint density at radius 3 is 2.41 bits per heavy atom. The number of primary sulfonamides is 1. The van der Waals surface area contributed by atoms with Gasteiger partial charge in [-0.25, -0.2) is 18.5 Å². The van der Waals surface area contributed by atoms with E-state index in [0.29, 0.717) is 21.2 Å². The molecule has 0 spiro atoms. The number of carbonyl (C=O) groups excluding carboxylic acids is 3. The topological polar surface area (TPSA) is 169 Å². The zero-order valence-corrected chi connectivity index (χ0v) is 25.6. The molecule has 238 valence electrons. The third-order valence-electron chi connectivity index (χ3n) is 7.31. The molecule has 1 aromatic heterocycles. The molecule has 6 rings (SSSR count). The number of thioether (sulfide) groups is 1. The van der Waals surface area contributed by atoms with E-state index < -0.39 is 68.1 Å². The first-order valence-corrected chi connectivity index (χ1v) is 16.5. The van der Waals surface area contributed by atoms with Crippen molar-refractivity contribution in [2.24, 2.45) is 11.1 Å². The number of hydrogen-bond acceptors (Lipinski definition) is 9. The van der Waals surface area contributed by atoms with Crippen LogP contribution in [0.1, 0.15) is 21.9 Å². The van der Waals surface area contributed by atoms with Gasteiger partial charge in [-0.1, -0.05) is 41.3 Å². The van der Waals surface area contributed by atoms with Crippen LogP contribution in [-0.2, 0) is 30.6 Å². The van der Waals surface area contributed by atoms with Gasteiger partial charge in [-0.15, -0.1) is 0 Å². The molecule has 0 aliphatic carbocycles. The van der Waals surface area contributed by atoms with Gasteiger partial charge in [0.05, 0.1) is 27.1 Å². The van der Waals surface area contributed by atoms with Gasteiger partial charge in [0.25, 0.3) is 5.91 Å². The molecule has 3 heterocycles. The van der Waals surface area contributed by atoms with E-state index in [4.69, 9.17) is 9.88 Å². The van der Waals surface area contributed by atoms with Crippen LogP contribution in [0.4, 0.5) is 24.5 Å². The van der Waals surface area contributed by atoms with Crippen molar-refractivity contribution >= 4 is 62.2 Å². The van der Waals surface area contributed by atoms with E-state index in [2.05, 4.69) is 10.3 Å². The number of imide groups is 1. The number of nitrogens with one attached hydrogen (secondary N) is 2. The number of nitrogens with two attached hydrogens (primary N) is 1. The molecule has 4 N–H and O–H groups in total. The minimum Gasteiger partial charge on any atom is -0.484 e. The molecule has 3 unspecified atom stereocenters. The summed E-state index contributed by atoms with van der Waals surface area (Å²) < 4.78 is 68.8. The number of hydrogen-bond donors (Lipinski definition) is 3. The quantitative estimate of drug-likeness (QED) is 0.245. The number of sulfonamides is 1. The van der Waals surface area contributed by atoms with Crippen LogP contribution in [0.5, 0.6) is 5.75 Å². The molecule has 11 nitrogen and oxygen atoms in total. The third-order valence-corrected chi connectivity index (χ3v) is 10.6. The number of aromatic nitrogens is 1. The van der Waals surface area contributed by atoms with Gasteiger partial charge in [0.1, 0.15) is 11.0 Å². The summed E-state index contributed by atoms with van der Waals surface area (Å²) >= 11 is 1.85. The molecule has 3 aromatic carbocycles. The van der Waals surface area contributed by atoms with E-state index in [0.717, 1.165) is 46.2 Å². The van der Waals surface area contributed by atoms with E-state index in [-0.39, 0.29) is 16.3 Å². The Hall–Kier alpha value is -4.45. The van der Waals surface area contributed by atoms with Crippen LogP contribution in [0.15, 0.2) is 87.5 Å². The Morgan fingerprint density at radius 1 is 1.00 bits per heavy atom. The van der Waals surface area contributed by atoms with E-state index >= 15 is 0 Å². The van der Waals surface area contributed by atoms with E-state index in [1.165, 1.54) is 30.3 Å². The highest BCUT2D eigenvalue weighted by Gasteiger charge is 2.56. The predicted molar refractivity (Wildman–Crippen MR) is 162 cm³/mol. The number of halogens is 3. The third kappa shape index (κ3) is 6.05. The maximum Gasteiger partial charge on any atom is 0.416 e. The lowest BCUT2D eigenvalue weighted by Gasteiger charge is -2.30. The van der Waals surface area contributed by atoms with Crippen LogP contribution in [0.25, 0.3) is 0 Å². The van der Waals surface area contributed by atoms with Crippen molar-refractivity contribution in [3.05, 3.63) is 98.5 Å². The second-order valence-electron chi connectivity index (χ2n) is 10.3. The van der Waals surface area contributed by atoms with Crippen molar-refractivity contribution in [2.45, 2.75) is 27.3 Å². The Kier molecular flexibility index (Phi) is 8.04. The second-order valence-corrected chi connectivity index (χ2v) is 14.0. The number of benzene rings is 3. The Morgan fingerprint density at radius 2 is 1.72 bits per heavy atom. The average Bonchev–Trinajstić information content (AvgIpc) is 3.49. The first kappa shape index (κ1) is 31.5. The molecule has 0 radical (unpaired) electrons. The fourth-order valence-electron chi connectivity index (χ4n) is 5.32. The highest BCUT2D eigenvalue weighted by atomic mass is 32.2. The molecular formula is C29H21F3N4O7S3. The summed E-state index contributed by atoms with van der Waals surface area (Å²) in [4.78, 5) is 55.7. The number of amides is 3. The van der Waals surface area contributed by atoms with Crippen molar-refractivity contribution in [3.63, 3.8) is 0 Å². The number of fused-ring (bicyclic) bond motifs is 2. The zero-order valence-electron chi connectivity index (χ0n) is 23.1. The zero-order chi connectivity index (χ0) is 33.0. The van der Waals surface area contributed by atoms with Crippen LogP contribution in [0.3, 0.4) is 0 Å². The highest BCUT2D eigenvalue weighted by molar-refractivity contribution is 8.00. The minimum atomic E-state index is -4.69. The van der Waals surface area contributed by atoms with E-state index in [9.17, 15) is 40.8 Å². The van der Waals surface area contributed by atoms with Crippen LogP contribution >= 0.6 is 23.1 Å². The number of ether oxygens (including phenoxy) is 1. The van der Waals surface area contributed by atoms with Crippen LogP contribution in [0.2, 0.25) is 0 Å². The molecule has 17 heteroatoms. The molecule has 0 saturated carbocycles. The normalized spacial score (nSPS) is 19.5. The second kappa shape index (κ2) is 11.7. The number of rotatable bonds is 7. The number of thiazole rings is 1. The Bertz CT molecular complexity index is 2050. The van der Waals surface area contributed by atoms with E-state index in [1.54, 1.807) is 24.3 Å². The summed E-state index contributed by atoms with van der Waals surface area (Å²) in [5, 5.41) is 7.00. The molecule has 1 fully saturated rings. The standard InChI is InChI=1S/C29H21F3N4O7S3/c30-29(31,32)15-4-2-5-17(12-15)36-26(38)22-21(23-25(35-28(40)45-23)44-24(22)27(36)39)14-3-1-6-18(11-14)43-13-20(37)34-16-7-9-19(10-8-16)46(33,41)42/h1-12,21-22,24H,13H2,(H,34,37)(H,35,40)(H2,33,41,42). The predicted octanol–water partition coefficient (Wildman–Crippen LogP) is 3.92. The van der Waals surface area contributed by atoms with Crippen molar-refractivity contribution in [1.29, 1.82) is 0 Å². The Balaban J connectivity index is 1.26.